The lowest BCUT2D eigenvalue weighted by Gasteiger charge is -2.71. The average Bonchev–Trinajstić information content (AvgIpc) is 2.50. The van der Waals surface area contributed by atoms with Crippen LogP contribution in [0.15, 0.2) is 36.4 Å². The highest BCUT2D eigenvalue weighted by Gasteiger charge is 2.75. The molecule has 2 rings (SSSR count). The number of benzene rings is 1. The fourth-order valence-corrected chi connectivity index (χ4v) is 7.30. The van der Waals surface area contributed by atoms with Crippen LogP contribution >= 0.6 is 0 Å². The summed E-state index contributed by atoms with van der Waals surface area (Å²) >= 11 is 0. The minimum atomic E-state index is -1.93. The summed E-state index contributed by atoms with van der Waals surface area (Å²) in [6.45, 7) is 25.9. The summed E-state index contributed by atoms with van der Waals surface area (Å²) in [5.74, 6) is -1.93. The van der Waals surface area contributed by atoms with E-state index in [9.17, 15) is 10.2 Å². The zero-order chi connectivity index (χ0) is 23.6. The van der Waals surface area contributed by atoms with Crippen LogP contribution < -0.4 is 0 Å². The molecule has 0 atom stereocenters. The van der Waals surface area contributed by atoms with Gasteiger partial charge in [-0.25, -0.2) is 0 Å². The third kappa shape index (κ3) is 3.21. The predicted molar refractivity (Wildman–Crippen MR) is 129 cm³/mol. The summed E-state index contributed by atoms with van der Waals surface area (Å²) in [5.41, 5.74) is -0.777. The Morgan fingerprint density at radius 2 is 1.03 bits per heavy atom. The second kappa shape index (κ2) is 6.94. The third-order valence-electron chi connectivity index (χ3n) is 8.06. The molecule has 0 bridgehead atoms. The zero-order valence-corrected chi connectivity index (χ0v) is 21.6. The van der Waals surface area contributed by atoms with Gasteiger partial charge in [0.2, 0.25) is 0 Å². The van der Waals surface area contributed by atoms with Crippen molar-refractivity contribution in [2.24, 2.45) is 32.5 Å². The Morgan fingerprint density at radius 1 is 0.633 bits per heavy atom. The van der Waals surface area contributed by atoms with Crippen LogP contribution in [-0.2, 0) is 0 Å². The topological polar surface area (TPSA) is 40.5 Å². The molecule has 2 N–H and O–H groups in total. The van der Waals surface area contributed by atoms with Gasteiger partial charge in [-0.2, -0.15) is 0 Å². The molecule has 0 heterocycles. The van der Waals surface area contributed by atoms with Crippen LogP contribution in [0.3, 0.4) is 0 Å². The lowest BCUT2D eigenvalue weighted by molar-refractivity contribution is -0.386. The first-order valence-electron chi connectivity index (χ1n) is 11.4. The summed E-state index contributed by atoms with van der Waals surface area (Å²) in [4.78, 5) is 0. The van der Waals surface area contributed by atoms with Crippen molar-refractivity contribution in [3.05, 3.63) is 42.0 Å². The second-order valence-corrected chi connectivity index (χ2v) is 13.6. The van der Waals surface area contributed by atoms with Gasteiger partial charge in [0.05, 0.1) is 5.41 Å². The number of hydrogen-bond acceptors (Lipinski definition) is 2. The van der Waals surface area contributed by atoms with E-state index in [1.54, 1.807) is 0 Å². The molecule has 0 spiro atoms. The summed E-state index contributed by atoms with van der Waals surface area (Å²) in [7, 11) is 0. The lowest BCUT2D eigenvalue weighted by atomic mass is 9.35. The highest BCUT2D eigenvalue weighted by Crippen LogP contribution is 2.74. The summed E-state index contributed by atoms with van der Waals surface area (Å²) in [5, 5.41) is 25.0. The van der Waals surface area contributed by atoms with Crippen LogP contribution in [0.2, 0.25) is 0 Å². The molecule has 0 fully saturated rings. The lowest BCUT2D eigenvalue weighted by Crippen LogP contribution is -2.75. The second-order valence-electron chi connectivity index (χ2n) is 13.6. The van der Waals surface area contributed by atoms with Crippen LogP contribution in [0.25, 0.3) is 5.57 Å². The van der Waals surface area contributed by atoms with Crippen molar-refractivity contribution in [3.8, 4) is 0 Å². The normalized spacial score (nSPS) is 21.9. The fourth-order valence-electron chi connectivity index (χ4n) is 7.30. The molecule has 2 nitrogen and oxygen atoms in total. The van der Waals surface area contributed by atoms with Crippen molar-refractivity contribution >= 4 is 5.57 Å². The van der Waals surface area contributed by atoms with Crippen molar-refractivity contribution in [2.75, 3.05) is 0 Å². The van der Waals surface area contributed by atoms with E-state index >= 15 is 0 Å². The van der Waals surface area contributed by atoms with Crippen LogP contribution in [0.5, 0.6) is 0 Å². The smallest absolute Gasteiger partial charge is 0.180 e. The standard InChI is InChI=1S/C28H46O2/c1-22(2,3)26(23(4,5)6)18-21(20-16-14-13-15-17-20)19-27(24(7,8)9,25(10,11)12)28(26,29)30/h13-18,29-30H,19H2,1-12H3. The molecule has 1 aromatic carbocycles. The molecule has 1 aliphatic rings. The molecule has 0 unspecified atom stereocenters. The molecule has 0 aliphatic heterocycles. The molecule has 0 saturated carbocycles. The Kier molecular flexibility index (Phi) is 5.82. The van der Waals surface area contributed by atoms with Crippen molar-refractivity contribution in [3.63, 3.8) is 0 Å². The molecule has 0 amide bonds. The fraction of sp³-hybridized carbons (Fsp3) is 0.714. The minimum absolute atomic E-state index is 0.356. The van der Waals surface area contributed by atoms with Crippen LogP contribution in [0, 0.1) is 32.5 Å². The molecule has 30 heavy (non-hydrogen) atoms. The van der Waals surface area contributed by atoms with Gasteiger partial charge >= 0.3 is 0 Å². The Morgan fingerprint density at radius 3 is 1.37 bits per heavy atom. The highest BCUT2D eigenvalue weighted by molar-refractivity contribution is 5.69. The van der Waals surface area contributed by atoms with Crippen LogP contribution in [-0.4, -0.2) is 16.0 Å². The first-order chi connectivity index (χ1) is 13.2. The van der Waals surface area contributed by atoms with Crippen molar-refractivity contribution in [2.45, 2.75) is 95.3 Å². The van der Waals surface area contributed by atoms with Gasteiger partial charge in [-0.15, -0.1) is 0 Å². The molecule has 0 saturated heterocycles. The molecule has 0 aromatic heterocycles. The Bertz CT molecular complexity index is 756. The maximum Gasteiger partial charge on any atom is 0.180 e. The third-order valence-corrected chi connectivity index (χ3v) is 8.06. The molecule has 170 valence electrons. The SMILES string of the molecule is CC(C)(C)C1(C(C)(C)C)C=C(c2ccccc2)CC(C(C)(C)C)(C(C)(C)C)C1(O)O. The average molecular weight is 415 g/mol. The van der Waals surface area contributed by atoms with Gasteiger partial charge in [-0.3, -0.25) is 0 Å². The number of rotatable bonds is 1. The Labute approximate surface area is 185 Å². The van der Waals surface area contributed by atoms with E-state index in [-0.39, 0.29) is 10.8 Å². The molecular formula is C28H46O2. The minimum Gasteiger partial charge on any atom is -0.364 e. The van der Waals surface area contributed by atoms with Gasteiger partial charge in [0, 0.05) is 5.41 Å². The number of aliphatic hydroxyl groups is 2. The highest BCUT2D eigenvalue weighted by atomic mass is 16.5. The largest absolute Gasteiger partial charge is 0.364 e. The van der Waals surface area contributed by atoms with Crippen molar-refractivity contribution < 1.29 is 10.2 Å². The Hall–Kier alpha value is -1.12. The summed E-state index contributed by atoms with van der Waals surface area (Å²) < 4.78 is 0. The van der Waals surface area contributed by atoms with E-state index in [2.05, 4.69) is 113 Å². The predicted octanol–water partition coefficient (Wildman–Crippen LogP) is 7.31. The van der Waals surface area contributed by atoms with Crippen molar-refractivity contribution in [1.82, 2.24) is 0 Å². The van der Waals surface area contributed by atoms with Gasteiger partial charge < -0.3 is 10.2 Å². The van der Waals surface area contributed by atoms with Crippen LogP contribution in [0.1, 0.15) is 95.1 Å². The first kappa shape index (κ1) is 25.1. The van der Waals surface area contributed by atoms with Crippen molar-refractivity contribution in [1.29, 1.82) is 0 Å². The summed E-state index contributed by atoms with van der Waals surface area (Å²) in [6.07, 6.45) is 2.84. The van der Waals surface area contributed by atoms with Gasteiger partial charge in [0.25, 0.3) is 0 Å². The maximum atomic E-state index is 12.5. The maximum absolute atomic E-state index is 12.5. The monoisotopic (exact) mass is 414 g/mol. The van der Waals surface area contributed by atoms with E-state index in [1.807, 2.05) is 6.07 Å². The van der Waals surface area contributed by atoms with Gasteiger partial charge in [0.1, 0.15) is 0 Å². The molecular weight excluding hydrogens is 368 g/mol. The molecule has 1 aromatic rings. The zero-order valence-electron chi connectivity index (χ0n) is 21.6. The van der Waals surface area contributed by atoms with Crippen LogP contribution in [0.4, 0.5) is 0 Å². The van der Waals surface area contributed by atoms with Gasteiger partial charge in [-0.05, 0) is 39.2 Å². The van der Waals surface area contributed by atoms with E-state index in [4.69, 9.17) is 0 Å². The first-order valence-corrected chi connectivity index (χ1v) is 11.4. The Balaban J connectivity index is 3.14. The number of allylic oxidation sites excluding steroid dienone is 1. The van der Waals surface area contributed by atoms with E-state index < -0.39 is 27.4 Å². The molecule has 2 heteroatoms. The quantitative estimate of drug-likeness (QED) is 0.473. The summed E-state index contributed by atoms with van der Waals surface area (Å²) in [6, 6.07) is 10.5. The molecule has 1 aliphatic carbocycles. The van der Waals surface area contributed by atoms with E-state index in [0.717, 1.165) is 0 Å². The van der Waals surface area contributed by atoms with Gasteiger partial charge in [0.15, 0.2) is 5.79 Å². The van der Waals surface area contributed by atoms with Gasteiger partial charge in [-0.1, -0.05) is 119 Å². The van der Waals surface area contributed by atoms with E-state index in [0.29, 0.717) is 6.42 Å². The molecule has 0 radical (unpaired) electrons. The number of hydrogen-bond donors (Lipinski definition) is 2. The van der Waals surface area contributed by atoms with E-state index in [1.165, 1.54) is 11.1 Å².